The van der Waals surface area contributed by atoms with Gasteiger partial charge in [-0.05, 0) is 19.1 Å². The van der Waals surface area contributed by atoms with Gasteiger partial charge in [-0.3, -0.25) is 0 Å². The van der Waals surface area contributed by atoms with Crippen molar-refractivity contribution in [3.05, 3.63) is 17.2 Å². The van der Waals surface area contributed by atoms with Crippen molar-refractivity contribution in [3.8, 4) is 5.75 Å². The first-order chi connectivity index (χ1) is 7.26. The molecule has 80 valence electrons. The van der Waals surface area contributed by atoms with Crippen molar-refractivity contribution in [3.63, 3.8) is 0 Å². The van der Waals surface area contributed by atoms with Crippen molar-refractivity contribution >= 4 is 38.3 Å². The zero-order chi connectivity index (χ0) is 10.8. The molecule has 0 saturated heterocycles. The highest BCUT2D eigenvalue weighted by Crippen LogP contribution is 2.37. The number of anilines is 1. The normalized spacial score (nSPS) is 10.6. The molecule has 2 rings (SSSR count). The molecule has 0 spiro atoms. The molecule has 0 radical (unpaired) electrons. The van der Waals surface area contributed by atoms with Crippen LogP contribution in [0.3, 0.4) is 0 Å². The van der Waals surface area contributed by atoms with Gasteiger partial charge in [0.2, 0.25) is 0 Å². The molecule has 2 aromatic rings. The molecular weight excluding hydrogens is 232 g/mol. The molecule has 0 amide bonds. The topological polar surface area (TPSA) is 34.2 Å². The number of nitrogens with one attached hydrogen (secondary N) is 1. The van der Waals surface area contributed by atoms with Gasteiger partial charge in [0, 0.05) is 6.54 Å². The Labute approximate surface area is 97.0 Å². The molecule has 0 saturated carbocycles. The average molecular weight is 243 g/mol. The van der Waals surface area contributed by atoms with E-state index in [1.807, 2.05) is 19.1 Å². The number of halogens is 1. The second-order valence-electron chi connectivity index (χ2n) is 2.98. The van der Waals surface area contributed by atoms with E-state index in [9.17, 15) is 0 Å². The Balaban J connectivity index is 2.61. The van der Waals surface area contributed by atoms with Gasteiger partial charge in [0.1, 0.15) is 11.3 Å². The summed E-state index contributed by atoms with van der Waals surface area (Å²) >= 11 is 7.63. The van der Waals surface area contributed by atoms with Crippen molar-refractivity contribution in [2.75, 3.05) is 19.0 Å². The second-order valence-corrected chi connectivity index (χ2v) is 4.38. The summed E-state index contributed by atoms with van der Waals surface area (Å²) < 4.78 is 6.20. The van der Waals surface area contributed by atoms with E-state index in [1.54, 1.807) is 18.4 Å². The van der Waals surface area contributed by atoms with Crippen molar-refractivity contribution in [1.82, 2.24) is 4.98 Å². The third-order valence-corrected chi connectivity index (χ3v) is 3.48. The molecule has 0 fully saturated rings. The molecule has 0 atom stereocenters. The molecule has 1 N–H and O–H groups in total. The number of hydrogen-bond acceptors (Lipinski definition) is 4. The van der Waals surface area contributed by atoms with Crippen LogP contribution in [0.5, 0.6) is 5.75 Å². The second kappa shape index (κ2) is 4.24. The number of hydrogen-bond donors (Lipinski definition) is 1. The zero-order valence-corrected chi connectivity index (χ0v) is 10.1. The van der Waals surface area contributed by atoms with Gasteiger partial charge in [-0.2, -0.15) is 0 Å². The van der Waals surface area contributed by atoms with Crippen LogP contribution in [0.4, 0.5) is 5.13 Å². The van der Waals surface area contributed by atoms with Gasteiger partial charge in [-0.1, -0.05) is 22.9 Å². The lowest BCUT2D eigenvalue weighted by Crippen LogP contribution is -1.94. The van der Waals surface area contributed by atoms with Crippen LogP contribution in [-0.2, 0) is 0 Å². The van der Waals surface area contributed by atoms with Gasteiger partial charge in [-0.15, -0.1) is 0 Å². The average Bonchev–Trinajstić information content (AvgIpc) is 2.64. The van der Waals surface area contributed by atoms with E-state index in [1.165, 1.54) is 0 Å². The molecule has 0 aliphatic heterocycles. The lowest BCUT2D eigenvalue weighted by Gasteiger charge is -2.00. The summed E-state index contributed by atoms with van der Waals surface area (Å²) in [6.45, 7) is 2.88. The monoisotopic (exact) mass is 242 g/mol. The number of benzene rings is 1. The molecule has 3 nitrogen and oxygen atoms in total. The Morgan fingerprint density at radius 2 is 2.33 bits per heavy atom. The number of aromatic nitrogens is 1. The van der Waals surface area contributed by atoms with E-state index < -0.39 is 0 Å². The van der Waals surface area contributed by atoms with Crippen LogP contribution >= 0.6 is 22.9 Å². The fourth-order valence-corrected chi connectivity index (χ4v) is 2.57. The predicted molar refractivity (Wildman–Crippen MR) is 65.3 cm³/mol. The van der Waals surface area contributed by atoms with Gasteiger partial charge < -0.3 is 10.1 Å². The molecule has 5 heteroatoms. The number of thiazole rings is 1. The van der Waals surface area contributed by atoms with E-state index in [0.29, 0.717) is 5.02 Å². The van der Waals surface area contributed by atoms with Gasteiger partial charge in [0.25, 0.3) is 0 Å². The SMILES string of the molecule is CCNc1nc2c(OC)ccc(Cl)c2s1. The Hall–Kier alpha value is -1.000. The fourth-order valence-electron chi connectivity index (χ4n) is 1.34. The zero-order valence-electron chi connectivity index (χ0n) is 8.50. The first-order valence-electron chi connectivity index (χ1n) is 4.63. The Morgan fingerprint density at radius 1 is 1.53 bits per heavy atom. The maximum absolute atomic E-state index is 6.09. The smallest absolute Gasteiger partial charge is 0.183 e. The lowest BCUT2D eigenvalue weighted by atomic mass is 10.3. The van der Waals surface area contributed by atoms with Crippen LogP contribution in [0.1, 0.15) is 6.92 Å². The highest BCUT2D eigenvalue weighted by Gasteiger charge is 2.11. The summed E-state index contributed by atoms with van der Waals surface area (Å²) in [5, 5.41) is 4.76. The summed E-state index contributed by atoms with van der Waals surface area (Å²) in [6, 6.07) is 3.66. The number of methoxy groups -OCH3 is 1. The van der Waals surface area contributed by atoms with Crippen LogP contribution in [-0.4, -0.2) is 18.6 Å². The van der Waals surface area contributed by atoms with E-state index in [0.717, 1.165) is 27.6 Å². The maximum atomic E-state index is 6.09. The largest absolute Gasteiger partial charge is 0.494 e. The number of ether oxygens (including phenoxy) is 1. The molecule has 0 bridgehead atoms. The van der Waals surface area contributed by atoms with Crippen molar-refractivity contribution in [2.45, 2.75) is 6.92 Å². The number of rotatable bonds is 3. The van der Waals surface area contributed by atoms with Crippen LogP contribution < -0.4 is 10.1 Å². The summed E-state index contributed by atoms with van der Waals surface area (Å²) in [5.41, 5.74) is 0.825. The molecule has 1 heterocycles. The number of nitrogens with zero attached hydrogens (tertiary/aromatic N) is 1. The minimum Gasteiger partial charge on any atom is -0.494 e. The first-order valence-corrected chi connectivity index (χ1v) is 5.82. The highest BCUT2D eigenvalue weighted by molar-refractivity contribution is 7.22. The van der Waals surface area contributed by atoms with E-state index in [4.69, 9.17) is 16.3 Å². The summed E-state index contributed by atoms with van der Waals surface area (Å²) in [5.74, 6) is 0.759. The highest BCUT2D eigenvalue weighted by atomic mass is 35.5. The van der Waals surface area contributed by atoms with Crippen LogP contribution in [0.15, 0.2) is 12.1 Å². The van der Waals surface area contributed by atoms with E-state index in [-0.39, 0.29) is 0 Å². The Bertz CT molecular complexity index is 483. The van der Waals surface area contributed by atoms with E-state index >= 15 is 0 Å². The minimum atomic E-state index is 0.715. The molecular formula is C10H11ClN2OS. The van der Waals surface area contributed by atoms with Gasteiger partial charge in [-0.25, -0.2) is 4.98 Å². The van der Waals surface area contributed by atoms with Crippen LogP contribution in [0, 0.1) is 0 Å². The van der Waals surface area contributed by atoms with Crippen molar-refractivity contribution < 1.29 is 4.74 Å². The molecule has 0 aliphatic carbocycles. The minimum absolute atomic E-state index is 0.715. The lowest BCUT2D eigenvalue weighted by molar-refractivity contribution is 0.419. The summed E-state index contributed by atoms with van der Waals surface area (Å²) in [7, 11) is 1.63. The predicted octanol–water partition coefficient (Wildman–Crippen LogP) is 3.39. The van der Waals surface area contributed by atoms with Crippen molar-refractivity contribution in [2.24, 2.45) is 0 Å². The fraction of sp³-hybridized carbons (Fsp3) is 0.300. The van der Waals surface area contributed by atoms with Gasteiger partial charge in [0.05, 0.1) is 16.8 Å². The van der Waals surface area contributed by atoms with Crippen LogP contribution in [0.2, 0.25) is 5.02 Å². The third-order valence-electron chi connectivity index (χ3n) is 2.01. The van der Waals surface area contributed by atoms with E-state index in [2.05, 4.69) is 10.3 Å². The Kier molecular flexibility index (Phi) is 2.98. The third kappa shape index (κ3) is 1.87. The quantitative estimate of drug-likeness (QED) is 0.896. The Morgan fingerprint density at radius 3 is 3.00 bits per heavy atom. The standard InChI is InChI=1S/C10H11ClN2OS/c1-3-12-10-13-8-7(14-2)5-4-6(11)9(8)15-10/h4-5H,3H2,1-2H3,(H,12,13). The first kappa shape index (κ1) is 10.5. The summed E-state index contributed by atoms with van der Waals surface area (Å²) in [6.07, 6.45) is 0. The molecule has 0 aliphatic rings. The summed E-state index contributed by atoms with van der Waals surface area (Å²) in [4.78, 5) is 4.43. The van der Waals surface area contributed by atoms with Crippen molar-refractivity contribution in [1.29, 1.82) is 0 Å². The molecule has 1 aromatic heterocycles. The molecule has 0 unspecified atom stereocenters. The molecule has 1 aromatic carbocycles. The number of fused-ring (bicyclic) bond motifs is 1. The maximum Gasteiger partial charge on any atom is 0.183 e. The molecule has 15 heavy (non-hydrogen) atoms. The van der Waals surface area contributed by atoms with Crippen LogP contribution in [0.25, 0.3) is 10.2 Å². The van der Waals surface area contributed by atoms with Gasteiger partial charge in [0.15, 0.2) is 5.13 Å². The van der Waals surface area contributed by atoms with Gasteiger partial charge >= 0.3 is 0 Å².